The Morgan fingerprint density at radius 3 is 2.74 bits per heavy atom. The largest absolute Gasteiger partial charge is 0.478 e. The van der Waals surface area contributed by atoms with Crippen LogP contribution in [-0.2, 0) is 11.2 Å². The molecule has 2 aromatic rings. The zero-order valence-electron chi connectivity index (χ0n) is 9.72. The SMILES string of the molecule is O=C(Cc1ccsc1)Nc1ccc(F)cc1C(=O)O. The minimum Gasteiger partial charge on any atom is -0.478 e. The first-order chi connectivity index (χ1) is 9.06. The Kier molecular flexibility index (Phi) is 3.91. The van der Waals surface area contributed by atoms with Gasteiger partial charge in [0.2, 0.25) is 5.91 Å². The quantitative estimate of drug-likeness (QED) is 0.904. The van der Waals surface area contributed by atoms with Gasteiger partial charge >= 0.3 is 5.97 Å². The number of thiophene rings is 1. The summed E-state index contributed by atoms with van der Waals surface area (Å²) < 4.78 is 13.0. The maximum Gasteiger partial charge on any atom is 0.337 e. The number of nitrogens with one attached hydrogen (secondary N) is 1. The van der Waals surface area contributed by atoms with Gasteiger partial charge in [-0.3, -0.25) is 4.79 Å². The summed E-state index contributed by atoms with van der Waals surface area (Å²) in [6.45, 7) is 0. The maximum absolute atomic E-state index is 13.0. The molecule has 0 spiro atoms. The molecule has 1 aromatic heterocycles. The fourth-order valence-corrected chi connectivity index (χ4v) is 2.24. The van der Waals surface area contributed by atoms with Gasteiger partial charge in [0.25, 0.3) is 0 Å². The van der Waals surface area contributed by atoms with Gasteiger partial charge in [-0.1, -0.05) is 0 Å². The number of aromatic carboxylic acids is 1. The number of hydrogen-bond acceptors (Lipinski definition) is 3. The van der Waals surface area contributed by atoms with E-state index in [4.69, 9.17) is 5.11 Å². The average Bonchev–Trinajstić information content (AvgIpc) is 2.83. The minimum absolute atomic E-state index is 0.0918. The topological polar surface area (TPSA) is 66.4 Å². The number of carbonyl (C=O) groups excluding carboxylic acids is 1. The molecule has 0 radical (unpaired) electrons. The molecule has 0 fully saturated rings. The van der Waals surface area contributed by atoms with Crippen molar-refractivity contribution in [2.24, 2.45) is 0 Å². The van der Waals surface area contributed by atoms with E-state index in [0.717, 1.165) is 17.7 Å². The van der Waals surface area contributed by atoms with E-state index >= 15 is 0 Å². The van der Waals surface area contributed by atoms with E-state index in [2.05, 4.69) is 5.32 Å². The predicted molar refractivity (Wildman–Crippen MR) is 70.0 cm³/mol. The van der Waals surface area contributed by atoms with Crippen LogP contribution in [0.4, 0.5) is 10.1 Å². The van der Waals surface area contributed by atoms with Crippen LogP contribution in [0.5, 0.6) is 0 Å². The highest BCUT2D eigenvalue weighted by Crippen LogP contribution is 2.18. The number of rotatable bonds is 4. The summed E-state index contributed by atoms with van der Waals surface area (Å²) in [6.07, 6.45) is 0.153. The van der Waals surface area contributed by atoms with Crippen LogP contribution < -0.4 is 5.32 Å². The highest BCUT2D eigenvalue weighted by Gasteiger charge is 2.13. The summed E-state index contributed by atoms with van der Waals surface area (Å²) in [6, 6.07) is 5.03. The minimum atomic E-state index is -1.29. The van der Waals surface area contributed by atoms with Crippen LogP contribution in [0.3, 0.4) is 0 Å². The van der Waals surface area contributed by atoms with Gasteiger partial charge in [0.1, 0.15) is 5.82 Å². The van der Waals surface area contributed by atoms with Gasteiger partial charge < -0.3 is 10.4 Å². The molecule has 4 nitrogen and oxygen atoms in total. The Labute approximate surface area is 112 Å². The number of carboxylic acid groups (broad SMARTS) is 1. The van der Waals surface area contributed by atoms with E-state index in [-0.39, 0.29) is 23.6 Å². The Balaban J connectivity index is 2.14. The van der Waals surface area contributed by atoms with Gasteiger partial charge in [-0.2, -0.15) is 11.3 Å². The first kappa shape index (κ1) is 13.2. The molecular formula is C13H10FNO3S. The van der Waals surface area contributed by atoms with E-state index in [9.17, 15) is 14.0 Å². The molecule has 19 heavy (non-hydrogen) atoms. The van der Waals surface area contributed by atoms with Crippen LogP contribution >= 0.6 is 11.3 Å². The van der Waals surface area contributed by atoms with Crippen LogP contribution in [0.25, 0.3) is 0 Å². The highest BCUT2D eigenvalue weighted by molar-refractivity contribution is 7.08. The normalized spacial score (nSPS) is 10.2. The Bertz CT molecular complexity index is 610. The molecule has 98 valence electrons. The molecule has 0 aliphatic heterocycles. The van der Waals surface area contributed by atoms with Crippen molar-refractivity contribution in [1.82, 2.24) is 0 Å². The van der Waals surface area contributed by atoms with Crippen LogP contribution in [-0.4, -0.2) is 17.0 Å². The monoisotopic (exact) mass is 279 g/mol. The molecule has 0 atom stereocenters. The number of carboxylic acids is 1. The third-order valence-electron chi connectivity index (χ3n) is 2.43. The number of hydrogen-bond donors (Lipinski definition) is 2. The van der Waals surface area contributed by atoms with Crippen molar-refractivity contribution in [2.75, 3.05) is 5.32 Å². The Morgan fingerprint density at radius 1 is 1.32 bits per heavy atom. The van der Waals surface area contributed by atoms with Crippen molar-refractivity contribution >= 4 is 28.9 Å². The molecule has 0 saturated carbocycles. The lowest BCUT2D eigenvalue weighted by atomic mass is 10.1. The van der Waals surface area contributed by atoms with E-state index in [0.29, 0.717) is 0 Å². The van der Waals surface area contributed by atoms with E-state index in [1.54, 1.807) is 0 Å². The van der Waals surface area contributed by atoms with E-state index < -0.39 is 11.8 Å². The molecule has 1 amide bonds. The van der Waals surface area contributed by atoms with E-state index in [1.165, 1.54) is 17.4 Å². The van der Waals surface area contributed by atoms with Gasteiger partial charge in [-0.05, 0) is 40.6 Å². The van der Waals surface area contributed by atoms with Crippen molar-refractivity contribution < 1.29 is 19.1 Å². The Morgan fingerprint density at radius 2 is 2.11 bits per heavy atom. The first-order valence-corrected chi connectivity index (χ1v) is 6.34. The zero-order valence-corrected chi connectivity index (χ0v) is 10.5. The Hall–Kier alpha value is -2.21. The lowest BCUT2D eigenvalue weighted by Gasteiger charge is -2.08. The smallest absolute Gasteiger partial charge is 0.337 e. The summed E-state index contributed by atoms with van der Waals surface area (Å²) in [7, 11) is 0. The molecule has 1 aromatic carbocycles. The highest BCUT2D eigenvalue weighted by atomic mass is 32.1. The van der Waals surface area contributed by atoms with Gasteiger partial charge in [0.05, 0.1) is 17.7 Å². The number of halogens is 1. The third-order valence-corrected chi connectivity index (χ3v) is 3.16. The van der Waals surface area contributed by atoms with Gasteiger partial charge in [-0.15, -0.1) is 0 Å². The van der Waals surface area contributed by atoms with Gasteiger partial charge in [-0.25, -0.2) is 9.18 Å². The molecule has 6 heteroatoms. The van der Waals surface area contributed by atoms with Gasteiger partial charge in [0, 0.05) is 0 Å². The van der Waals surface area contributed by atoms with Crippen molar-refractivity contribution in [3.8, 4) is 0 Å². The van der Waals surface area contributed by atoms with Crippen molar-refractivity contribution in [2.45, 2.75) is 6.42 Å². The number of anilines is 1. The fraction of sp³-hybridized carbons (Fsp3) is 0.0769. The second-order valence-corrected chi connectivity index (χ2v) is 4.63. The standard InChI is InChI=1S/C13H10FNO3S/c14-9-1-2-11(10(6-9)13(17)18)15-12(16)5-8-3-4-19-7-8/h1-4,6-7H,5H2,(H,15,16)(H,17,18). The van der Waals surface area contributed by atoms with Crippen LogP contribution in [0.2, 0.25) is 0 Å². The molecule has 1 heterocycles. The lowest BCUT2D eigenvalue weighted by molar-refractivity contribution is -0.115. The zero-order chi connectivity index (χ0) is 13.8. The van der Waals surface area contributed by atoms with Crippen molar-refractivity contribution in [3.05, 3.63) is 52.0 Å². The summed E-state index contributed by atoms with van der Waals surface area (Å²) in [4.78, 5) is 22.7. The molecule has 2 rings (SSSR count). The number of amides is 1. The molecule has 0 bridgehead atoms. The summed E-state index contributed by atoms with van der Waals surface area (Å²) in [5.74, 6) is -2.29. The average molecular weight is 279 g/mol. The molecule has 0 aliphatic carbocycles. The number of carbonyl (C=O) groups is 2. The summed E-state index contributed by atoms with van der Waals surface area (Å²) in [5.41, 5.74) is 0.675. The first-order valence-electron chi connectivity index (χ1n) is 5.40. The molecule has 0 unspecified atom stereocenters. The molecule has 2 N–H and O–H groups in total. The molecule has 0 saturated heterocycles. The fourth-order valence-electron chi connectivity index (χ4n) is 1.58. The van der Waals surface area contributed by atoms with Crippen LogP contribution in [0, 0.1) is 5.82 Å². The van der Waals surface area contributed by atoms with Crippen molar-refractivity contribution in [3.63, 3.8) is 0 Å². The maximum atomic E-state index is 13.0. The predicted octanol–water partition coefficient (Wildman–Crippen LogP) is 2.77. The number of benzene rings is 1. The third kappa shape index (κ3) is 3.38. The van der Waals surface area contributed by atoms with Gasteiger partial charge in [0.15, 0.2) is 0 Å². The lowest BCUT2D eigenvalue weighted by Crippen LogP contribution is -2.16. The summed E-state index contributed by atoms with van der Waals surface area (Å²) in [5, 5.41) is 15.1. The second-order valence-electron chi connectivity index (χ2n) is 3.85. The second kappa shape index (κ2) is 5.62. The molecular weight excluding hydrogens is 269 g/mol. The molecule has 0 aliphatic rings. The summed E-state index contributed by atoms with van der Waals surface area (Å²) >= 11 is 1.47. The van der Waals surface area contributed by atoms with Crippen LogP contribution in [0.1, 0.15) is 15.9 Å². The van der Waals surface area contributed by atoms with Crippen molar-refractivity contribution in [1.29, 1.82) is 0 Å². The van der Waals surface area contributed by atoms with E-state index in [1.807, 2.05) is 16.8 Å². The van der Waals surface area contributed by atoms with Crippen LogP contribution in [0.15, 0.2) is 35.0 Å².